The summed E-state index contributed by atoms with van der Waals surface area (Å²) in [6.07, 6.45) is 1.47. The van der Waals surface area contributed by atoms with E-state index in [1.807, 2.05) is 24.3 Å². The van der Waals surface area contributed by atoms with Crippen LogP contribution >= 0.6 is 22.9 Å². The Morgan fingerprint density at radius 3 is 2.62 bits per heavy atom. The molecular formula is C18H13ClN2O4S. The predicted octanol–water partition coefficient (Wildman–Crippen LogP) is 3.78. The van der Waals surface area contributed by atoms with Crippen molar-refractivity contribution in [2.45, 2.75) is 0 Å². The minimum atomic E-state index is -1.04. The molecule has 26 heavy (non-hydrogen) atoms. The summed E-state index contributed by atoms with van der Waals surface area (Å²) in [5.74, 6) is -0.988. The number of nitrogens with one attached hydrogen (secondary N) is 1. The summed E-state index contributed by atoms with van der Waals surface area (Å²) >= 11 is 7.56. The molecule has 2 N–H and O–H groups in total. The fourth-order valence-corrected chi connectivity index (χ4v) is 3.58. The number of rotatable bonds is 6. The lowest BCUT2D eigenvalue weighted by molar-refractivity contribution is -0.139. The molecule has 0 saturated carbocycles. The third-order valence-corrected chi connectivity index (χ3v) is 5.04. The first-order valence-corrected chi connectivity index (χ1v) is 8.69. The summed E-state index contributed by atoms with van der Waals surface area (Å²) in [4.78, 5) is 23.1. The Hall–Kier alpha value is -2.90. The number of benzene rings is 2. The van der Waals surface area contributed by atoms with E-state index in [4.69, 9.17) is 21.4 Å². The quantitative estimate of drug-likeness (QED) is 0.497. The molecule has 132 valence electrons. The number of hydrogen-bond acceptors (Lipinski definition) is 5. The number of hydrazone groups is 1. The maximum Gasteiger partial charge on any atom is 0.341 e. The average Bonchev–Trinajstić information content (AvgIpc) is 2.98. The van der Waals surface area contributed by atoms with E-state index in [2.05, 4.69) is 10.5 Å². The normalized spacial score (nSPS) is 11.0. The summed E-state index contributed by atoms with van der Waals surface area (Å²) in [5, 5.41) is 13.7. The van der Waals surface area contributed by atoms with Gasteiger partial charge in [0.15, 0.2) is 6.61 Å². The molecule has 0 aliphatic rings. The molecule has 1 aromatic heterocycles. The van der Waals surface area contributed by atoms with Gasteiger partial charge in [0.25, 0.3) is 5.91 Å². The van der Waals surface area contributed by atoms with Crippen molar-refractivity contribution in [1.29, 1.82) is 0 Å². The Balaban J connectivity index is 1.63. The fourth-order valence-electron chi connectivity index (χ4n) is 2.17. The fraction of sp³-hybridized carbons (Fsp3) is 0.0556. The van der Waals surface area contributed by atoms with Crippen LogP contribution in [0.4, 0.5) is 0 Å². The van der Waals surface area contributed by atoms with Crippen LogP contribution in [0.5, 0.6) is 5.75 Å². The number of fused-ring (bicyclic) bond motifs is 1. The van der Waals surface area contributed by atoms with Gasteiger partial charge in [-0.25, -0.2) is 10.2 Å². The predicted molar refractivity (Wildman–Crippen MR) is 101 cm³/mol. The third kappa shape index (κ3) is 4.19. The Morgan fingerprint density at radius 1 is 1.19 bits per heavy atom. The van der Waals surface area contributed by atoms with Crippen LogP contribution in [0.2, 0.25) is 5.02 Å². The van der Waals surface area contributed by atoms with Crippen LogP contribution in [0.3, 0.4) is 0 Å². The van der Waals surface area contributed by atoms with E-state index in [1.54, 1.807) is 24.3 Å². The van der Waals surface area contributed by atoms with E-state index < -0.39 is 12.6 Å². The van der Waals surface area contributed by atoms with Crippen LogP contribution in [0.15, 0.2) is 53.6 Å². The number of thiophene rings is 1. The zero-order valence-corrected chi connectivity index (χ0v) is 14.9. The Labute approximate surface area is 157 Å². The topological polar surface area (TPSA) is 88.0 Å². The van der Waals surface area contributed by atoms with Gasteiger partial charge in [0.1, 0.15) is 10.6 Å². The van der Waals surface area contributed by atoms with E-state index in [0.29, 0.717) is 15.6 Å². The number of aliphatic carboxylic acids is 1. The lowest BCUT2D eigenvalue weighted by Gasteiger charge is -2.02. The van der Waals surface area contributed by atoms with Crippen LogP contribution < -0.4 is 10.2 Å². The Kier molecular flexibility index (Phi) is 5.50. The van der Waals surface area contributed by atoms with Crippen molar-refractivity contribution < 1.29 is 19.4 Å². The van der Waals surface area contributed by atoms with Crippen molar-refractivity contribution in [1.82, 2.24) is 5.43 Å². The average molecular weight is 389 g/mol. The number of hydrogen-bond donors (Lipinski definition) is 2. The zero-order valence-electron chi connectivity index (χ0n) is 13.3. The molecule has 3 rings (SSSR count). The first kappa shape index (κ1) is 17.9. The number of nitrogens with zero attached hydrogens (tertiary/aromatic N) is 1. The van der Waals surface area contributed by atoms with Gasteiger partial charge in [-0.3, -0.25) is 4.79 Å². The summed E-state index contributed by atoms with van der Waals surface area (Å²) < 4.78 is 5.97. The maximum absolute atomic E-state index is 12.3. The molecule has 0 saturated heterocycles. The molecule has 0 fully saturated rings. The van der Waals surface area contributed by atoms with Crippen molar-refractivity contribution in [3.63, 3.8) is 0 Å². The molecule has 2 aromatic carbocycles. The first-order valence-electron chi connectivity index (χ1n) is 7.49. The molecule has 0 bridgehead atoms. The van der Waals surface area contributed by atoms with Gasteiger partial charge in [-0.2, -0.15) is 5.10 Å². The van der Waals surface area contributed by atoms with E-state index in [0.717, 1.165) is 15.6 Å². The van der Waals surface area contributed by atoms with E-state index in [-0.39, 0.29) is 5.91 Å². The number of amides is 1. The molecule has 8 heteroatoms. The first-order chi connectivity index (χ1) is 12.5. The largest absolute Gasteiger partial charge is 0.482 e. The second-order valence-corrected chi connectivity index (χ2v) is 6.62. The van der Waals surface area contributed by atoms with Gasteiger partial charge in [-0.05, 0) is 35.9 Å². The molecule has 6 nitrogen and oxygen atoms in total. The molecule has 0 atom stereocenters. The molecule has 0 spiro atoms. The summed E-state index contributed by atoms with van der Waals surface area (Å²) in [7, 11) is 0. The van der Waals surface area contributed by atoms with Gasteiger partial charge >= 0.3 is 5.97 Å². The summed E-state index contributed by atoms with van der Waals surface area (Å²) in [5.41, 5.74) is 3.17. The molecule has 1 heterocycles. The Morgan fingerprint density at radius 2 is 1.92 bits per heavy atom. The van der Waals surface area contributed by atoms with Gasteiger partial charge in [0.05, 0.1) is 11.2 Å². The molecule has 1 amide bonds. The number of carboxylic acid groups (broad SMARTS) is 1. The smallest absolute Gasteiger partial charge is 0.341 e. The number of carbonyl (C=O) groups is 2. The molecule has 3 aromatic rings. The molecular weight excluding hydrogens is 376 g/mol. The highest BCUT2D eigenvalue weighted by atomic mass is 35.5. The van der Waals surface area contributed by atoms with Crippen molar-refractivity contribution in [2.75, 3.05) is 6.61 Å². The molecule has 0 aliphatic heterocycles. The highest BCUT2D eigenvalue weighted by Crippen LogP contribution is 2.34. The van der Waals surface area contributed by atoms with Crippen LogP contribution in [-0.2, 0) is 4.79 Å². The van der Waals surface area contributed by atoms with Crippen molar-refractivity contribution in [3.8, 4) is 5.75 Å². The van der Waals surface area contributed by atoms with Crippen LogP contribution in [-0.4, -0.2) is 29.8 Å². The minimum absolute atomic E-state index is 0.381. The van der Waals surface area contributed by atoms with Crippen LogP contribution in [0, 0.1) is 0 Å². The van der Waals surface area contributed by atoms with Crippen molar-refractivity contribution >= 4 is 51.1 Å². The maximum atomic E-state index is 12.3. The van der Waals surface area contributed by atoms with E-state index in [1.165, 1.54) is 17.6 Å². The molecule has 0 aliphatic carbocycles. The second kappa shape index (κ2) is 7.99. The zero-order chi connectivity index (χ0) is 18.5. The minimum Gasteiger partial charge on any atom is -0.482 e. The van der Waals surface area contributed by atoms with Gasteiger partial charge < -0.3 is 9.84 Å². The van der Waals surface area contributed by atoms with Gasteiger partial charge in [0, 0.05) is 10.1 Å². The Bertz CT molecular complexity index is 983. The highest BCUT2D eigenvalue weighted by Gasteiger charge is 2.16. The summed E-state index contributed by atoms with van der Waals surface area (Å²) in [6, 6.07) is 14.1. The lowest BCUT2D eigenvalue weighted by Crippen LogP contribution is -2.16. The number of ether oxygens (including phenoxy) is 1. The lowest BCUT2D eigenvalue weighted by atomic mass is 10.2. The van der Waals surface area contributed by atoms with Gasteiger partial charge in [-0.1, -0.05) is 29.8 Å². The standard InChI is InChI=1S/C18H13ClN2O4S/c19-16-13-3-1-2-4-14(13)26-17(16)18(24)21-20-9-11-5-7-12(8-6-11)25-10-15(22)23/h1-9H,10H2,(H,21,24)(H,22,23). The molecule has 0 unspecified atom stereocenters. The van der Waals surface area contributed by atoms with Gasteiger partial charge in [-0.15, -0.1) is 11.3 Å². The van der Waals surface area contributed by atoms with E-state index in [9.17, 15) is 9.59 Å². The van der Waals surface area contributed by atoms with Crippen molar-refractivity contribution in [3.05, 3.63) is 64.0 Å². The van der Waals surface area contributed by atoms with Crippen LogP contribution in [0.25, 0.3) is 10.1 Å². The second-order valence-electron chi connectivity index (χ2n) is 5.19. The summed E-state index contributed by atoms with van der Waals surface area (Å²) in [6.45, 7) is -0.403. The highest BCUT2D eigenvalue weighted by molar-refractivity contribution is 7.21. The van der Waals surface area contributed by atoms with Gasteiger partial charge in [0.2, 0.25) is 0 Å². The third-order valence-electron chi connectivity index (χ3n) is 3.36. The number of halogens is 1. The monoisotopic (exact) mass is 388 g/mol. The number of carbonyl (C=O) groups excluding carboxylic acids is 1. The van der Waals surface area contributed by atoms with Crippen molar-refractivity contribution in [2.24, 2.45) is 5.10 Å². The molecule has 0 radical (unpaired) electrons. The SMILES string of the molecule is O=C(O)COc1ccc(C=NNC(=O)c2sc3ccccc3c2Cl)cc1. The number of carboxylic acids is 1. The van der Waals surface area contributed by atoms with E-state index >= 15 is 0 Å². The van der Waals surface area contributed by atoms with Crippen LogP contribution in [0.1, 0.15) is 15.2 Å².